The van der Waals surface area contributed by atoms with E-state index in [1.165, 1.54) is 0 Å². The number of rotatable bonds is 2. The Hall–Kier alpha value is -1.44. The van der Waals surface area contributed by atoms with Crippen molar-refractivity contribution in [1.82, 2.24) is 9.55 Å². The van der Waals surface area contributed by atoms with Gasteiger partial charge in [-0.15, -0.1) is 0 Å². The average Bonchev–Trinajstić information content (AvgIpc) is 2.70. The first kappa shape index (κ1) is 15.0. The van der Waals surface area contributed by atoms with E-state index in [2.05, 4.69) is 26.7 Å². The molecule has 1 fully saturated rings. The molecule has 0 bridgehead atoms. The highest BCUT2D eigenvalue weighted by molar-refractivity contribution is 9.12. The van der Waals surface area contributed by atoms with Gasteiger partial charge in [-0.25, -0.2) is 4.79 Å². The van der Waals surface area contributed by atoms with E-state index in [4.69, 9.17) is 9.84 Å². The number of hydrogen-bond donors (Lipinski definition) is 4. The summed E-state index contributed by atoms with van der Waals surface area (Å²) in [5.41, 5.74) is -1.51. The molecule has 20 heavy (non-hydrogen) atoms. The molecule has 0 aromatic carbocycles. The van der Waals surface area contributed by atoms with Crippen molar-refractivity contribution in [2.75, 3.05) is 6.61 Å². The molecule has 0 unspecified atom stereocenters. The smallest absolute Gasteiger partial charge is 0.330 e. The minimum atomic E-state index is -1.42. The fraction of sp³-hybridized carbons (Fsp3) is 0.455. The quantitative estimate of drug-likeness (QED) is 0.452. The van der Waals surface area contributed by atoms with Gasteiger partial charge in [-0.05, 0) is 10.8 Å². The molecule has 8 nitrogen and oxygen atoms in total. The molecule has 108 valence electrons. The average molecular weight is 347 g/mol. The fourth-order valence-corrected chi connectivity index (χ4v) is 2.14. The normalized spacial score (nSPS) is 29.0. The Morgan fingerprint density at radius 2 is 2.10 bits per heavy atom. The number of ether oxygens (including phenoxy) is 1. The van der Waals surface area contributed by atoms with Crippen molar-refractivity contribution in [2.45, 2.75) is 24.5 Å². The first-order chi connectivity index (χ1) is 9.49. The van der Waals surface area contributed by atoms with Gasteiger partial charge in [0.05, 0.1) is 6.61 Å². The molecule has 2 rings (SSSR count). The Balaban J connectivity index is 2.47. The summed E-state index contributed by atoms with van der Waals surface area (Å²) in [6.45, 7) is -0.513. The molecular formula is C11H11BrN2O6. The van der Waals surface area contributed by atoms with Crippen LogP contribution in [-0.4, -0.2) is 49.8 Å². The lowest BCUT2D eigenvalue weighted by atomic mass is 10.1. The maximum absolute atomic E-state index is 11.7. The maximum Gasteiger partial charge on any atom is 0.330 e. The number of nitrogens with one attached hydrogen (secondary N) is 1. The van der Waals surface area contributed by atoms with Gasteiger partial charge in [-0.3, -0.25) is 14.3 Å². The summed E-state index contributed by atoms with van der Waals surface area (Å²) in [5.74, 6) is 2.43. The highest BCUT2D eigenvalue weighted by Gasteiger charge is 2.43. The fourth-order valence-electron chi connectivity index (χ4n) is 1.92. The summed E-state index contributed by atoms with van der Waals surface area (Å²) in [7, 11) is 0. The molecule has 1 aliphatic heterocycles. The molecule has 0 amide bonds. The predicted molar refractivity (Wildman–Crippen MR) is 70.1 cm³/mol. The summed E-state index contributed by atoms with van der Waals surface area (Å²) in [6, 6.07) is 0. The van der Waals surface area contributed by atoms with Crippen LogP contribution < -0.4 is 11.2 Å². The Morgan fingerprint density at radius 3 is 2.65 bits per heavy atom. The number of halogens is 1. The zero-order chi connectivity index (χ0) is 14.9. The molecule has 1 aliphatic rings. The van der Waals surface area contributed by atoms with Crippen LogP contribution in [0.4, 0.5) is 0 Å². The lowest BCUT2D eigenvalue weighted by Gasteiger charge is -2.17. The molecule has 4 atom stereocenters. The maximum atomic E-state index is 11.7. The zero-order valence-electron chi connectivity index (χ0n) is 9.99. The summed E-state index contributed by atoms with van der Waals surface area (Å²) >= 11 is 2.83. The van der Waals surface area contributed by atoms with Crippen LogP contribution in [0.3, 0.4) is 0 Å². The van der Waals surface area contributed by atoms with Crippen LogP contribution in [0.25, 0.3) is 0 Å². The predicted octanol–water partition coefficient (Wildman–Crippen LogP) is -2.15. The first-order valence-electron chi connectivity index (χ1n) is 5.59. The second-order valence-electron chi connectivity index (χ2n) is 4.16. The van der Waals surface area contributed by atoms with Gasteiger partial charge in [0.2, 0.25) is 0 Å². The molecule has 4 N–H and O–H groups in total. The molecule has 1 aromatic rings. The van der Waals surface area contributed by atoms with Crippen molar-refractivity contribution >= 4 is 15.9 Å². The summed E-state index contributed by atoms with van der Waals surface area (Å²) in [4.78, 5) is 27.6. The van der Waals surface area contributed by atoms with E-state index in [-0.39, 0.29) is 5.56 Å². The van der Waals surface area contributed by atoms with Crippen molar-refractivity contribution in [3.8, 4) is 10.8 Å². The highest BCUT2D eigenvalue weighted by Crippen LogP contribution is 2.27. The number of nitrogens with zero attached hydrogens (tertiary/aromatic N) is 1. The van der Waals surface area contributed by atoms with E-state index in [1.807, 2.05) is 4.98 Å². The van der Waals surface area contributed by atoms with Gasteiger partial charge in [0, 0.05) is 22.1 Å². The third kappa shape index (κ3) is 2.56. The van der Waals surface area contributed by atoms with E-state index in [0.29, 0.717) is 0 Å². The zero-order valence-corrected chi connectivity index (χ0v) is 11.6. The van der Waals surface area contributed by atoms with E-state index >= 15 is 0 Å². The minimum Gasteiger partial charge on any atom is -0.394 e. The molecule has 1 saturated heterocycles. The second-order valence-corrected chi connectivity index (χ2v) is 4.55. The lowest BCUT2D eigenvalue weighted by molar-refractivity contribution is -0.0550. The Morgan fingerprint density at radius 1 is 1.40 bits per heavy atom. The summed E-state index contributed by atoms with van der Waals surface area (Å²) < 4.78 is 6.12. The highest BCUT2D eigenvalue weighted by atomic mass is 79.9. The number of aliphatic hydroxyl groups is 3. The molecule has 9 heteroatoms. The SMILES string of the molecule is O=c1[nH]c(=O)n([C@@H]2O[C@H](CO)[C@@H](O)[C@H]2O)cc1C#CBr. The van der Waals surface area contributed by atoms with Gasteiger partial charge in [0.15, 0.2) is 6.23 Å². The molecule has 0 saturated carbocycles. The van der Waals surface area contributed by atoms with Crippen LogP contribution in [0.15, 0.2) is 15.8 Å². The number of aromatic amines is 1. The standard InChI is InChI=1S/C11H11BrN2O6/c12-2-1-5-3-14(11(19)13-9(5)18)10-8(17)7(16)6(4-15)20-10/h3,6-8,10,15-17H,4H2,(H,13,18,19)/t6-,7-,8-,10-/m1/s1. The van der Waals surface area contributed by atoms with Gasteiger partial charge >= 0.3 is 5.69 Å². The van der Waals surface area contributed by atoms with E-state index in [1.54, 1.807) is 0 Å². The van der Waals surface area contributed by atoms with Crippen LogP contribution in [0.1, 0.15) is 11.8 Å². The third-order valence-electron chi connectivity index (χ3n) is 2.94. The molecule has 1 aromatic heterocycles. The second kappa shape index (κ2) is 5.90. The van der Waals surface area contributed by atoms with Gasteiger partial charge in [-0.1, -0.05) is 0 Å². The molecule has 2 heterocycles. The topological polar surface area (TPSA) is 125 Å². The summed E-state index contributed by atoms with van der Waals surface area (Å²) in [5, 5.41) is 28.5. The molecule has 0 spiro atoms. The van der Waals surface area contributed by atoms with Crippen molar-refractivity contribution in [3.63, 3.8) is 0 Å². The summed E-state index contributed by atoms with van der Waals surface area (Å²) in [6.07, 6.45) is -3.87. The number of aromatic nitrogens is 2. The molecular weight excluding hydrogens is 336 g/mol. The number of hydrogen-bond acceptors (Lipinski definition) is 6. The van der Waals surface area contributed by atoms with Crippen LogP contribution in [0.2, 0.25) is 0 Å². The van der Waals surface area contributed by atoms with Crippen molar-refractivity contribution in [1.29, 1.82) is 0 Å². The van der Waals surface area contributed by atoms with Gasteiger partial charge in [0.25, 0.3) is 5.56 Å². The molecule has 0 aliphatic carbocycles. The first-order valence-corrected chi connectivity index (χ1v) is 6.38. The third-order valence-corrected chi connectivity index (χ3v) is 3.14. The van der Waals surface area contributed by atoms with Gasteiger partial charge < -0.3 is 20.1 Å². The van der Waals surface area contributed by atoms with Crippen LogP contribution in [-0.2, 0) is 4.74 Å². The van der Waals surface area contributed by atoms with Crippen molar-refractivity contribution in [3.05, 3.63) is 32.6 Å². The van der Waals surface area contributed by atoms with Crippen LogP contribution >= 0.6 is 15.9 Å². The minimum absolute atomic E-state index is 0.0146. The number of aliphatic hydroxyl groups excluding tert-OH is 3. The van der Waals surface area contributed by atoms with Crippen LogP contribution in [0, 0.1) is 10.8 Å². The largest absolute Gasteiger partial charge is 0.394 e. The Kier molecular flexibility index (Phi) is 4.42. The monoisotopic (exact) mass is 346 g/mol. The van der Waals surface area contributed by atoms with E-state index < -0.39 is 42.4 Å². The Labute approximate surface area is 120 Å². The van der Waals surface area contributed by atoms with Gasteiger partial charge in [-0.2, -0.15) is 0 Å². The lowest BCUT2D eigenvalue weighted by Crippen LogP contribution is -2.38. The van der Waals surface area contributed by atoms with Gasteiger partial charge in [0.1, 0.15) is 23.9 Å². The molecule has 0 radical (unpaired) electrons. The van der Waals surface area contributed by atoms with Crippen molar-refractivity contribution < 1.29 is 20.1 Å². The van der Waals surface area contributed by atoms with E-state index in [9.17, 15) is 19.8 Å². The van der Waals surface area contributed by atoms with Crippen molar-refractivity contribution in [2.24, 2.45) is 0 Å². The number of H-pyrrole nitrogens is 1. The van der Waals surface area contributed by atoms with Crippen LogP contribution in [0.5, 0.6) is 0 Å². The Bertz CT molecular complexity index is 672. The van der Waals surface area contributed by atoms with E-state index in [0.717, 1.165) is 10.8 Å².